The maximum absolute atomic E-state index is 12.4. The van der Waals surface area contributed by atoms with Crippen molar-refractivity contribution in [2.24, 2.45) is 0 Å². The van der Waals surface area contributed by atoms with E-state index in [2.05, 4.69) is 5.32 Å². The van der Waals surface area contributed by atoms with Gasteiger partial charge < -0.3 is 130 Å². The van der Waals surface area contributed by atoms with Crippen LogP contribution in [0.1, 0.15) is 6.92 Å². The lowest BCUT2D eigenvalue weighted by Gasteiger charge is -2.50. The van der Waals surface area contributed by atoms with Crippen molar-refractivity contribution >= 4 is 5.91 Å². The van der Waals surface area contributed by atoms with Crippen LogP contribution in [-0.2, 0) is 47.4 Å². The van der Waals surface area contributed by atoms with E-state index in [1.54, 1.807) is 0 Å². The zero-order valence-corrected chi connectivity index (χ0v) is 31.2. The first kappa shape index (κ1) is 48.5. The molecule has 27 nitrogen and oxygen atoms in total. The summed E-state index contributed by atoms with van der Waals surface area (Å²) < 4.78 is 50.1. The molecule has 5 aliphatic heterocycles. The summed E-state index contributed by atoms with van der Waals surface area (Å²) >= 11 is 0. The Morgan fingerprint density at radius 1 is 0.407 bits per heavy atom. The van der Waals surface area contributed by atoms with Gasteiger partial charge in [0.25, 0.3) is 0 Å². The Morgan fingerprint density at radius 2 is 0.780 bits per heavy atom. The molecule has 27 heteroatoms. The molecule has 1 amide bonds. The molecule has 0 aromatic heterocycles. The maximum Gasteiger partial charge on any atom is 0.217 e. The Labute approximate surface area is 333 Å². The summed E-state index contributed by atoms with van der Waals surface area (Å²) in [5.41, 5.74) is 0. The lowest BCUT2D eigenvalue weighted by Crippen LogP contribution is -2.70. The Kier molecular flexibility index (Phi) is 17.1. The second-order valence-electron chi connectivity index (χ2n) is 14.7. The van der Waals surface area contributed by atoms with Gasteiger partial charge in [-0.1, -0.05) is 0 Å². The van der Waals surface area contributed by atoms with E-state index in [0.29, 0.717) is 0 Å². The molecule has 0 spiro atoms. The van der Waals surface area contributed by atoms with Crippen LogP contribution >= 0.6 is 0 Å². The third-order valence-corrected chi connectivity index (χ3v) is 10.7. The van der Waals surface area contributed by atoms with Gasteiger partial charge in [-0.3, -0.25) is 4.79 Å². The van der Waals surface area contributed by atoms with Crippen LogP contribution in [0.3, 0.4) is 0 Å². The van der Waals surface area contributed by atoms with Crippen LogP contribution in [-0.4, -0.2) is 274 Å². The molecule has 344 valence electrons. The average Bonchev–Trinajstić information content (AvgIpc) is 3.21. The van der Waals surface area contributed by atoms with Crippen molar-refractivity contribution in [2.45, 2.75) is 160 Å². The summed E-state index contributed by atoms with van der Waals surface area (Å²) in [6.45, 7) is -3.58. The molecular weight excluding hydrogens is 814 g/mol. The van der Waals surface area contributed by atoms with Gasteiger partial charge in [0, 0.05) is 6.92 Å². The third kappa shape index (κ3) is 10.2. The number of rotatable bonds is 14. The van der Waals surface area contributed by atoms with Gasteiger partial charge in [-0.25, -0.2) is 0 Å². The zero-order chi connectivity index (χ0) is 43.6. The monoisotopic (exact) mass is 869 g/mol. The Bertz CT molecular complexity index is 1320. The maximum atomic E-state index is 12.4. The smallest absolute Gasteiger partial charge is 0.217 e. The Balaban J connectivity index is 1.35. The van der Waals surface area contributed by atoms with Crippen LogP contribution < -0.4 is 5.32 Å². The third-order valence-electron chi connectivity index (χ3n) is 10.7. The minimum absolute atomic E-state index is 0.805. The van der Waals surface area contributed by atoms with Gasteiger partial charge in [0.15, 0.2) is 31.5 Å². The summed E-state index contributed by atoms with van der Waals surface area (Å²) in [5.74, 6) is -0.805. The van der Waals surface area contributed by atoms with E-state index in [-0.39, 0.29) is 0 Å². The summed E-state index contributed by atoms with van der Waals surface area (Å²) in [6, 6.07) is -1.67. The van der Waals surface area contributed by atoms with Gasteiger partial charge in [0.2, 0.25) is 5.91 Å². The normalized spacial score (nSPS) is 51.0. The van der Waals surface area contributed by atoms with Crippen molar-refractivity contribution in [3.8, 4) is 0 Å². The van der Waals surface area contributed by atoms with E-state index in [1.807, 2.05) is 0 Å². The lowest BCUT2D eigenvalue weighted by atomic mass is 9.94. The van der Waals surface area contributed by atoms with E-state index in [0.717, 1.165) is 6.92 Å². The number of amides is 1. The van der Waals surface area contributed by atoms with Crippen LogP contribution in [0, 0.1) is 0 Å². The van der Waals surface area contributed by atoms with Crippen molar-refractivity contribution in [3.63, 3.8) is 0 Å². The van der Waals surface area contributed by atoms with E-state index < -0.39 is 192 Å². The molecule has 5 saturated heterocycles. The zero-order valence-electron chi connectivity index (χ0n) is 31.2. The second-order valence-corrected chi connectivity index (χ2v) is 14.7. The second kappa shape index (κ2) is 20.8. The molecule has 0 saturated carbocycles. The summed E-state index contributed by atoms with van der Waals surface area (Å²) in [6.07, 6.45) is -44.4. The molecule has 0 aromatic rings. The quantitative estimate of drug-likeness (QED) is 0.0770. The van der Waals surface area contributed by atoms with Crippen molar-refractivity contribution in [1.29, 1.82) is 0 Å². The number of hydrogen-bond acceptors (Lipinski definition) is 26. The van der Waals surface area contributed by atoms with Gasteiger partial charge in [0.05, 0.1) is 33.0 Å². The highest BCUT2D eigenvalue weighted by atomic mass is 16.8. The fourth-order valence-corrected chi connectivity index (χ4v) is 7.43. The predicted molar refractivity (Wildman–Crippen MR) is 178 cm³/mol. The largest absolute Gasteiger partial charge is 0.394 e. The van der Waals surface area contributed by atoms with Crippen LogP contribution in [0.25, 0.3) is 0 Å². The topological polar surface area (TPSA) is 436 Å². The molecule has 1 unspecified atom stereocenters. The molecule has 5 rings (SSSR count). The molecule has 5 fully saturated rings. The van der Waals surface area contributed by atoms with Crippen molar-refractivity contribution in [3.05, 3.63) is 0 Å². The first-order valence-corrected chi connectivity index (χ1v) is 18.6. The van der Waals surface area contributed by atoms with E-state index in [9.17, 15) is 86.5 Å². The summed E-state index contributed by atoms with van der Waals surface area (Å²) in [5, 5.41) is 169. The Hall–Kier alpha value is -1.53. The highest BCUT2D eigenvalue weighted by molar-refractivity contribution is 5.73. The van der Waals surface area contributed by atoms with Crippen LogP contribution in [0.5, 0.6) is 0 Å². The highest BCUT2D eigenvalue weighted by Crippen LogP contribution is 2.35. The van der Waals surface area contributed by atoms with Gasteiger partial charge in [-0.05, 0) is 0 Å². The molecular formula is C32H55NO26. The Morgan fingerprint density at radius 3 is 1.29 bits per heavy atom. The van der Waals surface area contributed by atoms with E-state index in [1.165, 1.54) is 0 Å². The lowest BCUT2D eigenvalue weighted by molar-refractivity contribution is -0.388. The van der Waals surface area contributed by atoms with Crippen molar-refractivity contribution < 1.29 is 129 Å². The number of hydrogen-bond donors (Lipinski definition) is 17. The average molecular weight is 870 g/mol. The number of carbonyl (C=O) groups is 1. The van der Waals surface area contributed by atoms with Gasteiger partial charge in [-0.15, -0.1) is 0 Å². The van der Waals surface area contributed by atoms with Crippen LogP contribution in [0.4, 0.5) is 0 Å². The molecule has 59 heavy (non-hydrogen) atoms. The molecule has 17 N–H and O–H groups in total. The van der Waals surface area contributed by atoms with Gasteiger partial charge >= 0.3 is 0 Å². The summed E-state index contributed by atoms with van der Waals surface area (Å²) in [4.78, 5) is 12.4. The van der Waals surface area contributed by atoms with E-state index >= 15 is 0 Å². The van der Waals surface area contributed by atoms with Crippen molar-refractivity contribution in [1.82, 2.24) is 5.32 Å². The number of aliphatic hydroxyl groups is 16. The molecule has 25 atom stereocenters. The number of ether oxygens (including phenoxy) is 9. The fraction of sp³-hybridized carbons (Fsp3) is 0.969. The number of carbonyl (C=O) groups excluding carboxylic acids is 1. The van der Waals surface area contributed by atoms with E-state index in [4.69, 9.17) is 42.6 Å². The van der Waals surface area contributed by atoms with Crippen LogP contribution in [0.15, 0.2) is 0 Å². The predicted octanol–water partition coefficient (Wildman–Crippen LogP) is -11.8. The molecule has 0 aromatic carbocycles. The highest BCUT2D eigenvalue weighted by Gasteiger charge is 2.57. The van der Waals surface area contributed by atoms with Gasteiger partial charge in [-0.2, -0.15) is 0 Å². The molecule has 0 radical (unpaired) electrons. The first-order valence-electron chi connectivity index (χ1n) is 18.6. The first-order chi connectivity index (χ1) is 27.9. The molecule has 5 heterocycles. The number of nitrogens with one attached hydrogen (secondary N) is 1. The fourth-order valence-electron chi connectivity index (χ4n) is 7.43. The summed E-state index contributed by atoms with van der Waals surface area (Å²) in [7, 11) is 0. The SMILES string of the molecule is CC(=O)N[C@H]1[C@H](O[C@H]2[C@@H](O)[C@@H](CO)O[C@H](O[C@@H]3[C@H](O)[C@@H](O)[C@H](O[C@H]4[C@H](O)[C@@H](O)C(O)O[C@@H]4CO)O[C@@H]3CO)[C@@H]2O)O[C@H](CO)[C@H](O)[C@@H]1O[C@@H]1O[C@H](CO)[C@H](O)[C@H](O)[C@H]1O. The standard InChI is InChI=1S/C32H55NO26/c1-7(39)33-13-26(58-30-21(47)17(43)14(40)8(2-34)53-30)15(41)9(3-35)52-29(13)59-27-16(42)10(4-36)54-32(23(27)49)57-25-12(6-38)55-31(22(48)19(25)45)56-24-11(5-37)51-28(50)20(46)18(24)44/h8-32,34-38,40-50H,2-6H2,1H3,(H,33,39)/t8-,9-,10-,11-,12-,13-,14+,15+,16+,17+,18-,19-,20-,21-,22-,23-,24-,25+,26-,27+,28?,29+,30+,31+,32-/m1/s1. The molecule has 5 aliphatic rings. The molecule has 0 aliphatic carbocycles. The van der Waals surface area contributed by atoms with Crippen molar-refractivity contribution in [2.75, 3.05) is 33.0 Å². The van der Waals surface area contributed by atoms with Gasteiger partial charge in [0.1, 0.15) is 122 Å². The minimum Gasteiger partial charge on any atom is -0.394 e. The van der Waals surface area contributed by atoms with Crippen LogP contribution in [0.2, 0.25) is 0 Å². The number of aliphatic hydroxyl groups excluding tert-OH is 16. The molecule has 0 bridgehead atoms. The minimum atomic E-state index is -2.15.